The second-order valence-electron chi connectivity index (χ2n) is 6.67. The first kappa shape index (κ1) is 20.2. The number of rotatable bonds is 7. The van der Waals surface area contributed by atoms with Crippen molar-refractivity contribution in [3.8, 4) is 45.8 Å². The number of benzene rings is 2. The standard InChI is InChI=1S/C21H22O8/c1-2-3-4-5-8-28-21-14(24)10-15-16(18(21)26)17(25)19(27)20(29-15)11-6-7-12(22)13(23)9-11/h6-7,9-10,22-24,26-27H,2-5,8H2,1H3. The molecule has 0 amide bonds. The summed E-state index contributed by atoms with van der Waals surface area (Å²) in [5.41, 5.74) is -0.988. The molecule has 2 aromatic carbocycles. The van der Waals surface area contributed by atoms with E-state index in [9.17, 15) is 30.3 Å². The summed E-state index contributed by atoms with van der Waals surface area (Å²) < 4.78 is 10.9. The van der Waals surface area contributed by atoms with Gasteiger partial charge in [0.05, 0.1) is 6.61 Å². The van der Waals surface area contributed by atoms with E-state index in [1.807, 2.05) is 0 Å². The van der Waals surface area contributed by atoms with E-state index in [-0.39, 0.29) is 40.4 Å². The fraction of sp³-hybridized carbons (Fsp3) is 0.286. The summed E-state index contributed by atoms with van der Waals surface area (Å²) in [7, 11) is 0. The summed E-state index contributed by atoms with van der Waals surface area (Å²) >= 11 is 0. The van der Waals surface area contributed by atoms with Gasteiger partial charge in [-0.2, -0.15) is 0 Å². The molecule has 5 N–H and O–H groups in total. The Kier molecular flexibility index (Phi) is 5.72. The average Bonchev–Trinajstić information content (AvgIpc) is 2.68. The van der Waals surface area contributed by atoms with E-state index in [1.165, 1.54) is 12.1 Å². The molecule has 3 aromatic rings. The van der Waals surface area contributed by atoms with E-state index < -0.39 is 28.4 Å². The van der Waals surface area contributed by atoms with Gasteiger partial charge in [-0.15, -0.1) is 0 Å². The molecule has 0 radical (unpaired) electrons. The number of ether oxygens (including phenoxy) is 1. The zero-order valence-electron chi connectivity index (χ0n) is 15.8. The van der Waals surface area contributed by atoms with E-state index in [2.05, 4.69) is 6.92 Å². The van der Waals surface area contributed by atoms with Gasteiger partial charge in [0.1, 0.15) is 11.0 Å². The third-order valence-electron chi connectivity index (χ3n) is 4.55. The van der Waals surface area contributed by atoms with Gasteiger partial charge in [0.15, 0.2) is 28.8 Å². The molecule has 3 rings (SSSR count). The summed E-state index contributed by atoms with van der Waals surface area (Å²) in [6.45, 7) is 2.32. The predicted octanol–water partition coefficient (Wildman–Crippen LogP) is 3.95. The van der Waals surface area contributed by atoms with Crippen molar-refractivity contribution in [2.45, 2.75) is 32.6 Å². The lowest BCUT2D eigenvalue weighted by Crippen LogP contribution is -2.05. The highest BCUT2D eigenvalue weighted by Gasteiger charge is 2.23. The van der Waals surface area contributed by atoms with Crippen LogP contribution in [0.1, 0.15) is 32.6 Å². The SMILES string of the molecule is CCCCCCOc1c(O)cc2oc(-c3ccc(O)c(O)c3)c(O)c(=O)c2c1O. The highest BCUT2D eigenvalue weighted by molar-refractivity contribution is 5.91. The van der Waals surface area contributed by atoms with Gasteiger partial charge in [-0.05, 0) is 24.6 Å². The number of fused-ring (bicyclic) bond motifs is 1. The van der Waals surface area contributed by atoms with Crippen molar-refractivity contribution in [2.75, 3.05) is 6.61 Å². The Morgan fingerprint density at radius 2 is 1.66 bits per heavy atom. The maximum atomic E-state index is 12.7. The van der Waals surface area contributed by atoms with Crippen molar-refractivity contribution in [3.05, 3.63) is 34.5 Å². The fourth-order valence-electron chi connectivity index (χ4n) is 3.00. The van der Waals surface area contributed by atoms with E-state index in [0.29, 0.717) is 6.42 Å². The maximum Gasteiger partial charge on any atom is 0.238 e. The smallest absolute Gasteiger partial charge is 0.238 e. The van der Waals surface area contributed by atoms with Gasteiger partial charge in [-0.3, -0.25) is 4.79 Å². The Morgan fingerprint density at radius 3 is 2.34 bits per heavy atom. The quantitative estimate of drug-likeness (QED) is 0.296. The molecule has 0 fully saturated rings. The van der Waals surface area contributed by atoms with Crippen molar-refractivity contribution < 1.29 is 34.7 Å². The van der Waals surface area contributed by atoms with Gasteiger partial charge in [0, 0.05) is 11.6 Å². The van der Waals surface area contributed by atoms with Crippen molar-refractivity contribution in [1.82, 2.24) is 0 Å². The summed E-state index contributed by atoms with van der Waals surface area (Å²) in [6, 6.07) is 4.71. The van der Waals surface area contributed by atoms with Crippen LogP contribution in [0.25, 0.3) is 22.3 Å². The average molecular weight is 402 g/mol. The molecule has 29 heavy (non-hydrogen) atoms. The minimum Gasteiger partial charge on any atom is -0.504 e. The molecule has 8 heteroatoms. The molecule has 0 aliphatic rings. The number of hydrogen-bond acceptors (Lipinski definition) is 8. The zero-order chi connectivity index (χ0) is 21.1. The molecule has 0 bridgehead atoms. The molecule has 1 aromatic heterocycles. The molecular formula is C21H22O8. The molecule has 0 atom stereocenters. The normalized spacial score (nSPS) is 11.1. The largest absolute Gasteiger partial charge is 0.504 e. The second kappa shape index (κ2) is 8.22. The monoisotopic (exact) mass is 402 g/mol. The highest BCUT2D eigenvalue weighted by atomic mass is 16.5. The highest BCUT2D eigenvalue weighted by Crippen LogP contribution is 2.43. The Labute approximate surface area is 165 Å². The topological polar surface area (TPSA) is 141 Å². The number of phenols is 4. The van der Waals surface area contributed by atoms with Crippen LogP contribution in [0.15, 0.2) is 33.5 Å². The van der Waals surface area contributed by atoms with Crippen LogP contribution in [0.4, 0.5) is 0 Å². The number of phenolic OH excluding ortho intramolecular Hbond substituents is 4. The minimum atomic E-state index is -0.929. The van der Waals surface area contributed by atoms with E-state index in [1.54, 1.807) is 0 Å². The minimum absolute atomic E-state index is 0.118. The van der Waals surface area contributed by atoms with Gasteiger partial charge >= 0.3 is 0 Å². The Bertz CT molecular complexity index is 1100. The van der Waals surface area contributed by atoms with Gasteiger partial charge < -0.3 is 34.7 Å². The number of unbranched alkanes of at least 4 members (excludes halogenated alkanes) is 3. The molecule has 0 spiro atoms. The summed E-state index contributed by atoms with van der Waals surface area (Å²) in [6.07, 6.45) is 3.73. The molecule has 0 aliphatic heterocycles. The maximum absolute atomic E-state index is 12.7. The third kappa shape index (κ3) is 3.87. The van der Waals surface area contributed by atoms with E-state index in [0.717, 1.165) is 31.4 Å². The van der Waals surface area contributed by atoms with Crippen LogP contribution in [0.2, 0.25) is 0 Å². The molecule has 1 heterocycles. The van der Waals surface area contributed by atoms with Crippen LogP contribution in [-0.2, 0) is 0 Å². The first-order valence-electron chi connectivity index (χ1n) is 9.25. The van der Waals surface area contributed by atoms with Crippen molar-refractivity contribution in [1.29, 1.82) is 0 Å². The van der Waals surface area contributed by atoms with Crippen LogP contribution in [-0.4, -0.2) is 32.1 Å². The molecule has 0 unspecified atom stereocenters. The lowest BCUT2D eigenvalue weighted by molar-refractivity contribution is 0.275. The Hall–Kier alpha value is -3.55. The van der Waals surface area contributed by atoms with Crippen molar-refractivity contribution in [2.24, 2.45) is 0 Å². The number of aromatic hydroxyl groups is 5. The van der Waals surface area contributed by atoms with Crippen molar-refractivity contribution in [3.63, 3.8) is 0 Å². The van der Waals surface area contributed by atoms with Crippen LogP contribution in [0.3, 0.4) is 0 Å². The molecule has 8 nitrogen and oxygen atoms in total. The first-order valence-corrected chi connectivity index (χ1v) is 9.25. The third-order valence-corrected chi connectivity index (χ3v) is 4.55. The summed E-state index contributed by atoms with van der Waals surface area (Å²) in [5.74, 6) is -3.23. The van der Waals surface area contributed by atoms with Crippen LogP contribution in [0.5, 0.6) is 34.5 Å². The van der Waals surface area contributed by atoms with Gasteiger partial charge in [-0.25, -0.2) is 0 Å². The van der Waals surface area contributed by atoms with E-state index in [4.69, 9.17) is 9.15 Å². The zero-order valence-corrected chi connectivity index (χ0v) is 15.8. The lowest BCUT2D eigenvalue weighted by atomic mass is 10.1. The predicted molar refractivity (Wildman–Crippen MR) is 106 cm³/mol. The molecule has 0 saturated heterocycles. The first-order chi connectivity index (χ1) is 13.8. The summed E-state index contributed by atoms with van der Waals surface area (Å²) in [4.78, 5) is 12.7. The van der Waals surface area contributed by atoms with E-state index >= 15 is 0 Å². The molecule has 0 saturated carbocycles. The lowest BCUT2D eigenvalue weighted by Gasteiger charge is -2.13. The van der Waals surface area contributed by atoms with Gasteiger partial charge in [0.2, 0.25) is 16.9 Å². The Morgan fingerprint density at radius 1 is 0.897 bits per heavy atom. The number of hydrogen-bond donors (Lipinski definition) is 5. The van der Waals surface area contributed by atoms with Crippen molar-refractivity contribution >= 4 is 11.0 Å². The Balaban J connectivity index is 2.06. The summed E-state index contributed by atoms with van der Waals surface area (Å²) in [5, 5.41) is 49.7. The fourth-order valence-corrected chi connectivity index (χ4v) is 3.00. The van der Waals surface area contributed by atoms with Crippen LogP contribution >= 0.6 is 0 Å². The molecular weight excluding hydrogens is 380 g/mol. The van der Waals surface area contributed by atoms with Crippen LogP contribution in [0, 0.1) is 0 Å². The second-order valence-corrected chi connectivity index (χ2v) is 6.67. The molecule has 0 aliphatic carbocycles. The molecule has 154 valence electrons. The van der Waals surface area contributed by atoms with Crippen LogP contribution < -0.4 is 10.2 Å². The van der Waals surface area contributed by atoms with Gasteiger partial charge in [0.25, 0.3) is 0 Å². The van der Waals surface area contributed by atoms with Gasteiger partial charge in [-0.1, -0.05) is 26.2 Å².